The van der Waals surface area contributed by atoms with Crippen LogP contribution in [-0.2, 0) is 11.8 Å². The fraction of sp³-hybridized carbons (Fsp3) is 0.174. The predicted molar refractivity (Wildman–Crippen MR) is 115 cm³/mol. The molecule has 2 N–H and O–H groups in total. The Hall–Kier alpha value is -3.67. The lowest BCUT2D eigenvalue weighted by atomic mass is 9.98. The van der Waals surface area contributed by atoms with E-state index in [0.29, 0.717) is 5.82 Å². The standard InChI is InChI=1S/C23H21N5O/c1-27-13-19(20-21(24)25-14-26-22(20)27)16-7-9-17(10-8-16)28-12-11-18(23(28)29)15-5-3-2-4-6-15/h2-10,13-14,18H,11-12H2,1H3,(H2,24,25,26). The van der Waals surface area contributed by atoms with Gasteiger partial charge in [-0.3, -0.25) is 4.79 Å². The minimum Gasteiger partial charge on any atom is -0.383 e. The van der Waals surface area contributed by atoms with Gasteiger partial charge in [0.15, 0.2) is 0 Å². The molecule has 0 bridgehead atoms. The van der Waals surface area contributed by atoms with Gasteiger partial charge in [0.1, 0.15) is 17.8 Å². The van der Waals surface area contributed by atoms with Crippen molar-refractivity contribution in [3.63, 3.8) is 0 Å². The van der Waals surface area contributed by atoms with Gasteiger partial charge in [-0.25, -0.2) is 9.97 Å². The molecule has 1 aliphatic heterocycles. The first-order chi connectivity index (χ1) is 14.1. The first-order valence-electron chi connectivity index (χ1n) is 9.66. The smallest absolute Gasteiger partial charge is 0.234 e. The molecule has 29 heavy (non-hydrogen) atoms. The lowest BCUT2D eigenvalue weighted by Gasteiger charge is -2.17. The van der Waals surface area contributed by atoms with Crippen molar-refractivity contribution in [1.82, 2.24) is 14.5 Å². The molecule has 1 unspecified atom stereocenters. The summed E-state index contributed by atoms with van der Waals surface area (Å²) in [6.45, 7) is 0.729. The van der Waals surface area contributed by atoms with Crippen molar-refractivity contribution >= 4 is 28.4 Å². The summed E-state index contributed by atoms with van der Waals surface area (Å²) >= 11 is 0. The van der Waals surface area contributed by atoms with Crippen molar-refractivity contribution in [2.75, 3.05) is 17.2 Å². The first-order valence-corrected chi connectivity index (χ1v) is 9.66. The second-order valence-electron chi connectivity index (χ2n) is 7.40. The molecule has 144 valence electrons. The van der Waals surface area contributed by atoms with Crippen LogP contribution >= 0.6 is 0 Å². The zero-order valence-electron chi connectivity index (χ0n) is 16.1. The van der Waals surface area contributed by atoms with E-state index in [1.54, 1.807) is 0 Å². The van der Waals surface area contributed by atoms with E-state index in [1.165, 1.54) is 6.33 Å². The number of nitrogens with two attached hydrogens (primary N) is 1. The third kappa shape index (κ3) is 2.84. The summed E-state index contributed by atoms with van der Waals surface area (Å²) in [7, 11) is 1.94. The molecule has 3 heterocycles. The Kier molecular flexibility index (Phi) is 4.05. The fourth-order valence-electron chi connectivity index (χ4n) is 4.21. The van der Waals surface area contributed by atoms with Gasteiger partial charge in [-0.1, -0.05) is 42.5 Å². The highest BCUT2D eigenvalue weighted by Crippen LogP contribution is 2.35. The minimum absolute atomic E-state index is 0.0640. The SMILES string of the molecule is Cn1cc(-c2ccc(N3CCC(c4ccccc4)C3=O)cc2)c2c(N)ncnc21. The molecule has 1 amide bonds. The number of carbonyl (C=O) groups is 1. The van der Waals surface area contributed by atoms with Crippen molar-refractivity contribution < 1.29 is 4.79 Å². The molecule has 2 aromatic heterocycles. The Morgan fingerprint density at radius 2 is 1.79 bits per heavy atom. The summed E-state index contributed by atoms with van der Waals surface area (Å²) in [5.41, 5.74) is 10.9. The predicted octanol–water partition coefficient (Wildman–Crippen LogP) is 3.74. The lowest BCUT2D eigenvalue weighted by molar-refractivity contribution is -0.118. The molecule has 1 atom stereocenters. The second-order valence-corrected chi connectivity index (χ2v) is 7.40. The Labute approximate surface area is 168 Å². The van der Waals surface area contributed by atoms with Gasteiger partial charge in [-0.05, 0) is 29.7 Å². The van der Waals surface area contributed by atoms with Gasteiger partial charge >= 0.3 is 0 Å². The van der Waals surface area contributed by atoms with Crippen LogP contribution in [0, 0.1) is 0 Å². The molecule has 1 aliphatic rings. The highest BCUT2D eigenvalue weighted by atomic mass is 16.2. The first kappa shape index (κ1) is 17.4. The van der Waals surface area contributed by atoms with Crippen LogP contribution in [0.1, 0.15) is 17.9 Å². The number of fused-ring (bicyclic) bond motifs is 1. The topological polar surface area (TPSA) is 77.0 Å². The maximum atomic E-state index is 13.0. The average molecular weight is 383 g/mol. The zero-order chi connectivity index (χ0) is 20.0. The third-order valence-corrected chi connectivity index (χ3v) is 5.68. The maximum Gasteiger partial charge on any atom is 0.234 e. The maximum absolute atomic E-state index is 13.0. The quantitative estimate of drug-likeness (QED) is 0.585. The molecular weight excluding hydrogens is 362 g/mol. The van der Waals surface area contributed by atoms with Crippen molar-refractivity contribution in [2.24, 2.45) is 7.05 Å². The van der Waals surface area contributed by atoms with Crippen LogP contribution < -0.4 is 10.6 Å². The lowest BCUT2D eigenvalue weighted by Crippen LogP contribution is -2.26. The van der Waals surface area contributed by atoms with Crippen molar-refractivity contribution in [1.29, 1.82) is 0 Å². The molecule has 0 spiro atoms. The van der Waals surface area contributed by atoms with Gasteiger partial charge in [0.25, 0.3) is 0 Å². The molecule has 1 saturated heterocycles. The number of carbonyl (C=O) groups excluding carboxylic acids is 1. The number of aromatic nitrogens is 3. The van der Waals surface area contributed by atoms with Crippen LogP contribution in [0.5, 0.6) is 0 Å². The van der Waals surface area contributed by atoms with E-state index in [0.717, 1.165) is 46.4 Å². The molecule has 2 aromatic carbocycles. The van der Waals surface area contributed by atoms with Crippen molar-refractivity contribution in [3.05, 3.63) is 72.7 Å². The molecule has 6 nitrogen and oxygen atoms in total. The van der Waals surface area contributed by atoms with Gasteiger partial charge in [0.05, 0.1) is 11.3 Å². The number of rotatable bonds is 3. The van der Waals surface area contributed by atoms with Crippen LogP contribution in [0.15, 0.2) is 67.1 Å². The number of amides is 1. The zero-order valence-corrected chi connectivity index (χ0v) is 16.1. The molecule has 5 rings (SSSR count). The van der Waals surface area contributed by atoms with Gasteiger partial charge in [-0.15, -0.1) is 0 Å². The number of nitrogen functional groups attached to an aromatic ring is 1. The van der Waals surface area contributed by atoms with E-state index in [9.17, 15) is 4.79 Å². The second kappa shape index (κ2) is 6.74. The van der Waals surface area contributed by atoms with Crippen LogP contribution in [0.2, 0.25) is 0 Å². The fourth-order valence-corrected chi connectivity index (χ4v) is 4.21. The molecular formula is C23H21N5O. The van der Waals surface area contributed by atoms with Gasteiger partial charge < -0.3 is 15.2 Å². The number of benzene rings is 2. The molecule has 1 fully saturated rings. The summed E-state index contributed by atoms with van der Waals surface area (Å²) in [6, 6.07) is 18.1. The molecule has 6 heteroatoms. The van der Waals surface area contributed by atoms with Gasteiger partial charge in [0.2, 0.25) is 5.91 Å². The van der Waals surface area contributed by atoms with E-state index >= 15 is 0 Å². The summed E-state index contributed by atoms with van der Waals surface area (Å²) < 4.78 is 1.95. The van der Waals surface area contributed by atoms with Gasteiger partial charge in [0, 0.05) is 31.0 Å². The van der Waals surface area contributed by atoms with E-state index < -0.39 is 0 Å². The largest absolute Gasteiger partial charge is 0.383 e. The van der Waals surface area contributed by atoms with E-state index in [1.807, 2.05) is 77.3 Å². The summed E-state index contributed by atoms with van der Waals surface area (Å²) in [4.78, 5) is 23.3. The highest BCUT2D eigenvalue weighted by molar-refractivity contribution is 6.02. The highest BCUT2D eigenvalue weighted by Gasteiger charge is 2.33. The van der Waals surface area contributed by atoms with Crippen LogP contribution in [0.25, 0.3) is 22.2 Å². The normalized spacial score (nSPS) is 16.7. The number of anilines is 2. The average Bonchev–Trinajstić information content (AvgIpc) is 3.30. The molecule has 0 aliphatic carbocycles. The summed E-state index contributed by atoms with van der Waals surface area (Å²) in [5.74, 6) is 0.563. The van der Waals surface area contributed by atoms with Crippen molar-refractivity contribution in [3.8, 4) is 11.1 Å². The minimum atomic E-state index is -0.0640. The number of nitrogens with zero attached hydrogens (tertiary/aromatic N) is 4. The summed E-state index contributed by atoms with van der Waals surface area (Å²) in [6.07, 6.45) is 4.33. The van der Waals surface area contributed by atoms with Crippen molar-refractivity contribution in [2.45, 2.75) is 12.3 Å². The number of hydrogen-bond donors (Lipinski definition) is 1. The van der Waals surface area contributed by atoms with Crippen LogP contribution in [-0.4, -0.2) is 27.0 Å². The third-order valence-electron chi connectivity index (χ3n) is 5.68. The Balaban J connectivity index is 1.45. The molecule has 0 radical (unpaired) electrons. The van der Waals surface area contributed by atoms with E-state index in [-0.39, 0.29) is 11.8 Å². The Bertz CT molecular complexity index is 1200. The summed E-state index contributed by atoms with van der Waals surface area (Å²) in [5, 5.41) is 0.851. The monoisotopic (exact) mass is 383 g/mol. The van der Waals surface area contributed by atoms with Crippen LogP contribution in [0.3, 0.4) is 0 Å². The van der Waals surface area contributed by atoms with E-state index in [4.69, 9.17) is 5.73 Å². The number of hydrogen-bond acceptors (Lipinski definition) is 4. The molecule has 0 saturated carbocycles. The van der Waals surface area contributed by atoms with Crippen LogP contribution in [0.4, 0.5) is 11.5 Å². The number of aryl methyl sites for hydroxylation is 1. The Morgan fingerprint density at radius 3 is 2.55 bits per heavy atom. The van der Waals surface area contributed by atoms with Gasteiger partial charge in [-0.2, -0.15) is 0 Å². The Morgan fingerprint density at radius 1 is 1.03 bits per heavy atom. The van der Waals surface area contributed by atoms with E-state index in [2.05, 4.69) is 9.97 Å². The molecule has 4 aromatic rings.